The minimum atomic E-state index is 0.256. The molecular weight excluding hydrogens is 206 g/mol. The molecule has 1 fully saturated rings. The average Bonchev–Trinajstić information content (AvgIpc) is 2.23. The Kier molecular flexibility index (Phi) is 3.31. The predicted octanol–water partition coefficient (Wildman–Crippen LogP) is 4.02. The van der Waals surface area contributed by atoms with Crippen LogP contribution in [0.25, 0.3) is 0 Å². The fourth-order valence-electron chi connectivity index (χ4n) is 2.32. The van der Waals surface area contributed by atoms with Crippen LogP contribution in [0.4, 0.5) is 0 Å². The lowest BCUT2D eigenvalue weighted by Crippen LogP contribution is -2.47. The number of benzene rings is 1. The highest BCUT2D eigenvalue weighted by Crippen LogP contribution is 2.31. The molecule has 0 heterocycles. The summed E-state index contributed by atoms with van der Waals surface area (Å²) in [6.45, 7) is 10.1. The van der Waals surface area contributed by atoms with Crippen LogP contribution in [-0.4, -0.2) is 5.54 Å². The van der Waals surface area contributed by atoms with Gasteiger partial charge in [-0.15, -0.1) is 0 Å². The SMILES string of the molecule is CC1(NCc2ccc(C(C)(C)C)cc2)CCC1. The van der Waals surface area contributed by atoms with Crippen molar-refractivity contribution < 1.29 is 0 Å². The van der Waals surface area contributed by atoms with Crippen LogP contribution < -0.4 is 5.32 Å². The van der Waals surface area contributed by atoms with Gasteiger partial charge >= 0.3 is 0 Å². The third kappa shape index (κ3) is 3.10. The molecule has 1 saturated carbocycles. The van der Waals surface area contributed by atoms with Crippen LogP contribution in [0.15, 0.2) is 24.3 Å². The van der Waals surface area contributed by atoms with Crippen LogP contribution in [0, 0.1) is 0 Å². The van der Waals surface area contributed by atoms with E-state index in [1.165, 1.54) is 30.4 Å². The third-order valence-corrected chi connectivity index (χ3v) is 4.00. The number of rotatable bonds is 3. The van der Waals surface area contributed by atoms with Gasteiger partial charge in [-0.25, -0.2) is 0 Å². The second-order valence-electron chi connectivity index (χ2n) is 6.71. The zero-order valence-electron chi connectivity index (χ0n) is 11.6. The van der Waals surface area contributed by atoms with Gasteiger partial charge in [0.15, 0.2) is 0 Å². The predicted molar refractivity (Wildman–Crippen MR) is 74.2 cm³/mol. The van der Waals surface area contributed by atoms with Gasteiger partial charge in [-0.1, -0.05) is 45.0 Å². The highest BCUT2D eigenvalue weighted by atomic mass is 15.0. The van der Waals surface area contributed by atoms with E-state index in [9.17, 15) is 0 Å². The summed E-state index contributed by atoms with van der Waals surface area (Å²) < 4.78 is 0. The largest absolute Gasteiger partial charge is 0.307 e. The first kappa shape index (κ1) is 12.6. The Labute approximate surface area is 106 Å². The summed E-state index contributed by atoms with van der Waals surface area (Å²) in [7, 11) is 0. The summed E-state index contributed by atoms with van der Waals surface area (Å²) in [5.41, 5.74) is 3.47. The summed E-state index contributed by atoms with van der Waals surface area (Å²) in [6.07, 6.45) is 4.03. The van der Waals surface area contributed by atoms with E-state index in [-0.39, 0.29) is 5.41 Å². The number of nitrogens with one attached hydrogen (secondary N) is 1. The van der Waals surface area contributed by atoms with E-state index in [0.29, 0.717) is 5.54 Å². The smallest absolute Gasteiger partial charge is 0.0210 e. The van der Waals surface area contributed by atoms with Crippen LogP contribution in [0.2, 0.25) is 0 Å². The first-order valence-corrected chi connectivity index (χ1v) is 6.74. The maximum absolute atomic E-state index is 3.67. The van der Waals surface area contributed by atoms with Crippen molar-refractivity contribution in [2.75, 3.05) is 0 Å². The lowest BCUT2D eigenvalue weighted by Gasteiger charge is -2.39. The van der Waals surface area contributed by atoms with Crippen molar-refractivity contribution in [2.24, 2.45) is 0 Å². The van der Waals surface area contributed by atoms with Gasteiger partial charge in [0.2, 0.25) is 0 Å². The molecule has 0 aliphatic heterocycles. The van der Waals surface area contributed by atoms with Crippen molar-refractivity contribution in [3.05, 3.63) is 35.4 Å². The minimum Gasteiger partial charge on any atom is -0.307 e. The van der Waals surface area contributed by atoms with Crippen molar-refractivity contribution in [3.63, 3.8) is 0 Å². The Morgan fingerprint density at radius 3 is 2.12 bits per heavy atom. The van der Waals surface area contributed by atoms with Crippen LogP contribution in [0.1, 0.15) is 58.1 Å². The molecule has 0 aromatic heterocycles. The number of hydrogen-bond acceptors (Lipinski definition) is 1. The Morgan fingerprint density at radius 1 is 1.12 bits per heavy atom. The second-order valence-corrected chi connectivity index (χ2v) is 6.71. The molecule has 1 heteroatoms. The fraction of sp³-hybridized carbons (Fsp3) is 0.625. The van der Waals surface area contributed by atoms with Gasteiger partial charge < -0.3 is 5.32 Å². The van der Waals surface area contributed by atoms with E-state index in [1.807, 2.05) is 0 Å². The normalized spacial score (nSPS) is 18.8. The molecule has 1 aliphatic rings. The van der Waals surface area contributed by atoms with E-state index in [4.69, 9.17) is 0 Å². The molecule has 0 atom stereocenters. The Balaban J connectivity index is 1.94. The Hall–Kier alpha value is -0.820. The molecular formula is C16H25N. The zero-order valence-corrected chi connectivity index (χ0v) is 11.6. The maximum Gasteiger partial charge on any atom is 0.0210 e. The van der Waals surface area contributed by atoms with Crippen molar-refractivity contribution in [1.29, 1.82) is 0 Å². The molecule has 1 N–H and O–H groups in total. The molecule has 0 amide bonds. The summed E-state index contributed by atoms with van der Waals surface area (Å²) in [4.78, 5) is 0. The van der Waals surface area contributed by atoms with E-state index in [1.54, 1.807) is 0 Å². The van der Waals surface area contributed by atoms with E-state index < -0.39 is 0 Å². The van der Waals surface area contributed by atoms with Crippen molar-refractivity contribution in [2.45, 2.75) is 64.5 Å². The first-order valence-electron chi connectivity index (χ1n) is 6.74. The molecule has 1 aliphatic carbocycles. The van der Waals surface area contributed by atoms with Crippen molar-refractivity contribution in [1.82, 2.24) is 5.32 Å². The van der Waals surface area contributed by atoms with Gasteiger partial charge in [-0.05, 0) is 42.7 Å². The molecule has 1 aromatic rings. The van der Waals surface area contributed by atoms with E-state index in [2.05, 4.69) is 57.3 Å². The summed E-state index contributed by atoms with van der Waals surface area (Å²) in [5, 5.41) is 3.67. The molecule has 0 bridgehead atoms. The van der Waals surface area contributed by atoms with Gasteiger partial charge in [-0.2, -0.15) is 0 Å². The highest BCUT2D eigenvalue weighted by molar-refractivity contribution is 5.27. The molecule has 0 saturated heterocycles. The lowest BCUT2D eigenvalue weighted by atomic mass is 9.78. The van der Waals surface area contributed by atoms with Gasteiger partial charge in [0, 0.05) is 12.1 Å². The standard InChI is InChI=1S/C16H25N/c1-15(2,3)14-8-6-13(7-9-14)12-17-16(4)10-5-11-16/h6-9,17H,5,10-12H2,1-4H3. The molecule has 94 valence electrons. The minimum absolute atomic E-state index is 0.256. The first-order chi connectivity index (χ1) is 7.89. The van der Waals surface area contributed by atoms with Gasteiger partial charge in [0.1, 0.15) is 0 Å². The van der Waals surface area contributed by atoms with Crippen LogP contribution >= 0.6 is 0 Å². The van der Waals surface area contributed by atoms with Crippen LogP contribution in [0.5, 0.6) is 0 Å². The summed E-state index contributed by atoms with van der Waals surface area (Å²) >= 11 is 0. The van der Waals surface area contributed by atoms with Crippen LogP contribution in [0.3, 0.4) is 0 Å². The monoisotopic (exact) mass is 231 g/mol. The topological polar surface area (TPSA) is 12.0 Å². The summed E-state index contributed by atoms with van der Waals surface area (Å²) in [6, 6.07) is 9.05. The average molecular weight is 231 g/mol. The van der Waals surface area contributed by atoms with E-state index in [0.717, 1.165) is 6.54 Å². The maximum atomic E-state index is 3.67. The van der Waals surface area contributed by atoms with Crippen molar-refractivity contribution in [3.8, 4) is 0 Å². The van der Waals surface area contributed by atoms with Crippen molar-refractivity contribution >= 4 is 0 Å². The Bertz CT molecular complexity index is 366. The third-order valence-electron chi connectivity index (χ3n) is 4.00. The summed E-state index contributed by atoms with van der Waals surface area (Å²) in [5.74, 6) is 0. The van der Waals surface area contributed by atoms with Crippen LogP contribution in [-0.2, 0) is 12.0 Å². The van der Waals surface area contributed by atoms with Gasteiger partial charge in [-0.3, -0.25) is 0 Å². The molecule has 0 radical (unpaired) electrons. The van der Waals surface area contributed by atoms with Gasteiger partial charge in [0.25, 0.3) is 0 Å². The lowest BCUT2D eigenvalue weighted by molar-refractivity contribution is 0.207. The second kappa shape index (κ2) is 4.45. The molecule has 0 spiro atoms. The Morgan fingerprint density at radius 2 is 1.71 bits per heavy atom. The fourth-order valence-corrected chi connectivity index (χ4v) is 2.32. The number of hydrogen-bond donors (Lipinski definition) is 1. The van der Waals surface area contributed by atoms with E-state index >= 15 is 0 Å². The molecule has 17 heavy (non-hydrogen) atoms. The molecule has 1 aromatic carbocycles. The zero-order chi connectivity index (χ0) is 12.5. The molecule has 0 unspecified atom stereocenters. The van der Waals surface area contributed by atoms with Gasteiger partial charge in [0.05, 0.1) is 0 Å². The highest BCUT2D eigenvalue weighted by Gasteiger charge is 2.30. The molecule has 1 nitrogen and oxygen atoms in total. The quantitative estimate of drug-likeness (QED) is 0.828. The molecule has 2 rings (SSSR count).